The molecule has 0 aliphatic heterocycles. The quantitative estimate of drug-likeness (QED) is 0.667. The molecule has 0 saturated heterocycles. The highest BCUT2D eigenvalue weighted by molar-refractivity contribution is 4.74. The molecule has 0 spiro atoms. The van der Waals surface area contributed by atoms with Crippen LogP contribution in [0.2, 0.25) is 0 Å². The Bertz CT molecular complexity index is 167. The van der Waals surface area contributed by atoms with Crippen molar-refractivity contribution < 1.29 is 0 Å². The second-order valence-electron chi connectivity index (χ2n) is 2.57. The third-order valence-electron chi connectivity index (χ3n) is 1.40. The second-order valence-corrected chi connectivity index (χ2v) is 2.57. The summed E-state index contributed by atoms with van der Waals surface area (Å²) in [4.78, 5) is 3.92. The van der Waals surface area contributed by atoms with Crippen molar-refractivity contribution in [2.24, 2.45) is 5.73 Å². The number of nitrogens with two attached hydrogens (primary N) is 1. The van der Waals surface area contributed by atoms with Gasteiger partial charge in [-0.15, -0.1) is 0 Å². The van der Waals surface area contributed by atoms with Gasteiger partial charge in [-0.3, -0.25) is 0 Å². The first-order chi connectivity index (χ1) is 4.79. The van der Waals surface area contributed by atoms with Gasteiger partial charge in [0.25, 0.3) is 0 Å². The third kappa shape index (κ3) is 2.19. The normalized spacial score (nSPS) is 13.4. The van der Waals surface area contributed by atoms with Gasteiger partial charge in [0, 0.05) is 25.0 Å². The maximum absolute atomic E-state index is 5.58. The van der Waals surface area contributed by atoms with Crippen LogP contribution in [-0.2, 0) is 6.54 Å². The van der Waals surface area contributed by atoms with Crippen LogP contribution in [0.5, 0.6) is 0 Å². The zero-order valence-corrected chi connectivity index (χ0v) is 6.20. The molecule has 2 N–H and O–H groups in total. The van der Waals surface area contributed by atoms with Crippen molar-refractivity contribution in [3.05, 3.63) is 18.7 Å². The molecule has 1 aromatic rings. The van der Waals surface area contributed by atoms with Gasteiger partial charge in [-0.05, 0) is 13.3 Å². The first-order valence-corrected chi connectivity index (χ1v) is 3.50. The monoisotopic (exact) mass is 139 g/mol. The smallest absolute Gasteiger partial charge is 0.0945 e. The number of rotatable bonds is 3. The molecule has 3 nitrogen and oxygen atoms in total. The van der Waals surface area contributed by atoms with Crippen molar-refractivity contribution in [3.63, 3.8) is 0 Å². The summed E-state index contributed by atoms with van der Waals surface area (Å²) >= 11 is 0. The number of hydrogen-bond donors (Lipinski definition) is 1. The molecule has 3 heteroatoms. The fraction of sp³-hybridized carbons (Fsp3) is 0.571. The van der Waals surface area contributed by atoms with E-state index in [1.807, 2.05) is 24.0 Å². The largest absolute Gasteiger partial charge is 0.337 e. The molecule has 0 saturated carbocycles. The molecule has 0 aliphatic carbocycles. The van der Waals surface area contributed by atoms with Gasteiger partial charge in [-0.25, -0.2) is 4.98 Å². The van der Waals surface area contributed by atoms with Gasteiger partial charge in [0.15, 0.2) is 0 Å². The molecule has 0 aromatic carbocycles. The van der Waals surface area contributed by atoms with Crippen molar-refractivity contribution in [2.45, 2.75) is 25.9 Å². The SMILES string of the molecule is C[C@H](N)CCn1ccnc1. The highest BCUT2D eigenvalue weighted by Gasteiger charge is 1.93. The first-order valence-electron chi connectivity index (χ1n) is 3.50. The lowest BCUT2D eigenvalue weighted by atomic mass is 10.2. The lowest BCUT2D eigenvalue weighted by Crippen LogP contribution is -2.16. The van der Waals surface area contributed by atoms with Crippen molar-refractivity contribution in [2.75, 3.05) is 0 Å². The lowest BCUT2D eigenvalue weighted by molar-refractivity contribution is 0.570. The molecular weight excluding hydrogens is 126 g/mol. The molecule has 0 fully saturated rings. The Balaban J connectivity index is 2.28. The summed E-state index contributed by atoms with van der Waals surface area (Å²) < 4.78 is 2.03. The minimum Gasteiger partial charge on any atom is -0.337 e. The highest BCUT2D eigenvalue weighted by atomic mass is 15.0. The summed E-state index contributed by atoms with van der Waals surface area (Å²) in [5.74, 6) is 0. The van der Waals surface area contributed by atoms with Gasteiger partial charge < -0.3 is 10.3 Å². The Kier molecular flexibility index (Phi) is 2.45. The van der Waals surface area contributed by atoms with Crippen LogP contribution in [0, 0.1) is 0 Å². The van der Waals surface area contributed by atoms with E-state index in [2.05, 4.69) is 4.98 Å². The number of aromatic nitrogens is 2. The molecule has 0 unspecified atom stereocenters. The van der Waals surface area contributed by atoms with Crippen LogP contribution in [0.25, 0.3) is 0 Å². The van der Waals surface area contributed by atoms with E-state index in [-0.39, 0.29) is 6.04 Å². The maximum atomic E-state index is 5.58. The topological polar surface area (TPSA) is 43.8 Å². The summed E-state index contributed by atoms with van der Waals surface area (Å²) in [6.07, 6.45) is 6.54. The van der Waals surface area contributed by atoms with Crippen LogP contribution in [-0.4, -0.2) is 15.6 Å². The molecule has 1 atom stereocenters. The molecular formula is C7H13N3. The zero-order chi connectivity index (χ0) is 7.40. The number of aryl methyl sites for hydroxylation is 1. The molecule has 10 heavy (non-hydrogen) atoms. The summed E-state index contributed by atoms with van der Waals surface area (Å²) in [6, 6.07) is 0.280. The Morgan fingerprint density at radius 2 is 2.50 bits per heavy atom. The van der Waals surface area contributed by atoms with Crippen LogP contribution in [0.1, 0.15) is 13.3 Å². The average molecular weight is 139 g/mol. The van der Waals surface area contributed by atoms with E-state index in [9.17, 15) is 0 Å². The molecule has 1 heterocycles. The first kappa shape index (κ1) is 7.28. The Hall–Kier alpha value is -0.830. The van der Waals surface area contributed by atoms with Crippen molar-refractivity contribution in [3.8, 4) is 0 Å². The van der Waals surface area contributed by atoms with Crippen LogP contribution < -0.4 is 5.73 Å². The predicted molar refractivity (Wildman–Crippen MR) is 40.5 cm³/mol. The number of hydrogen-bond acceptors (Lipinski definition) is 2. The van der Waals surface area contributed by atoms with Crippen molar-refractivity contribution in [1.29, 1.82) is 0 Å². The molecule has 0 bridgehead atoms. The molecule has 0 amide bonds. The fourth-order valence-corrected chi connectivity index (χ4v) is 0.772. The van der Waals surface area contributed by atoms with E-state index >= 15 is 0 Å². The molecule has 56 valence electrons. The lowest BCUT2D eigenvalue weighted by Gasteiger charge is -2.03. The van der Waals surface area contributed by atoms with Crippen LogP contribution in [0.4, 0.5) is 0 Å². The molecule has 0 aliphatic rings. The average Bonchev–Trinajstić information content (AvgIpc) is 2.34. The van der Waals surface area contributed by atoms with Gasteiger partial charge in [0.05, 0.1) is 6.33 Å². The van der Waals surface area contributed by atoms with E-state index < -0.39 is 0 Å². The van der Waals surface area contributed by atoms with Gasteiger partial charge in [-0.1, -0.05) is 0 Å². The standard InChI is InChI=1S/C7H13N3/c1-7(8)2-4-10-5-3-9-6-10/h3,5-7H,2,4,8H2,1H3/t7-/m0/s1. The van der Waals surface area contributed by atoms with Gasteiger partial charge in [-0.2, -0.15) is 0 Å². The number of nitrogens with zero attached hydrogens (tertiary/aromatic N) is 2. The van der Waals surface area contributed by atoms with E-state index in [1.54, 1.807) is 6.20 Å². The maximum Gasteiger partial charge on any atom is 0.0945 e. The van der Waals surface area contributed by atoms with Crippen molar-refractivity contribution >= 4 is 0 Å². The Morgan fingerprint density at radius 1 is 1.70 bits per heavy atom. The van der Waals surface area contributed by atoms with E-state index in [0.717, 1.165) is 13.0 Å². The van der Waals surface area contributed by atoms with Gasteiger partial charge >= 0.3 is 0 Å². The fourth-order valence-electron chi connectivity index (χ4n) is 0.772. The summed E-state index contributed by atoms with van der Waals surface area (Å²) in [7, 11) is 0. The van der Waals surface area contributed by atoms with Crippen LogP contribution in [0.3, 0.4) is 0 Å². The van der Waals surface area contributed by atoms with Crippen LogP contribution in [0.15, 0.2) is 18.7 Å². The van der Waals surface area contributed by atoms with E-state index in [0.29, 0.717) is 0 Å². The Morgan fingerprint density at radius 3 is 3.00 bits per heavy atom. The molecule has 1 rings (SSSR count). The number of imidazole rings is 1. The molecule has 1 aromatic heterocycles. The Labute approximate surface area is 60.9 Å². The van der Waals surface area contributed by atoms with Crippen molar-refractivity contribution in [1.82, 2.24) is 9.55 Å². The van der Waals surface area contributed by atoms with Gasteiger partial charge in [0.1, 0.15) is 0 Å². The van der Waals surface area contributed by atoms with Crippen LogP contribution >= 0.6 is 0 Å². The van der Waals surface area contributed by atoms with E-state index in [1.165, 1.54) is 0 Å². The minimum atomic E-state index is 0.280. The second kappa shape index (κ2) is 3.37. The minimum absolute atomic E-state index is 0.280. The van der Waals surface area contributed by atoms with E-state index in [4.69, 9.17) is 5.73 Å². The zero-order valence-electron chi connectivity index (χ0n) is 6.20. The summed E-state index contributed by atoms with van der Waals surface area (Å²) in [5.41, 5.74) is 5.58. The highest BCUT2D eigenvalue weighted by Crippen LogP contribution is 1.92. The molecule has 0 radical (unpaired) electrons. The third-order valence-corrected chi connectivity index (χ3v) is 1.40. The van der Waals surface area contributed by atoms with Gasteiger partial charge in [0.2, 0.25) is 0 Å². The summed E-state index contributed by atoms with van der Waals surface area (Å²) in [6.45, 7) is 2.98. The summed E-state index contributed by atoms with van der Waals surface area (Å²) in [5, 5.41) is 0. The predicted octanol–water partition coefficient (Wildman–Crippen LogP) is 0.620.